The summed E-state index contributed by atoms with van der Waals surface area (Å²) >= 11 is 0. The third kappa shape index (κ3) is 2.10. The Morgan fingerprint density at radius 3 is 2.57 bits per heavy atom. The van der Waals surface area contributed by atoms with E-state index in [-0.39, 0.29) is 23.7 Å². The van der Waals surface area contributed by atoms with Gasteiger partial charge in [-0.1, -0.05) is 30.3 Å². The normalized spacial score (nSPS) is 29.2. The maximum atomic E-state index is 12.6. The molecule has 5 heteroatoms. The summed E-state index contributed by atoms with van der Waals surface area (Å²) in [4.78, 5) is 24.8. The molecule has 2 unspecified atom stereocenters. The first-order chi connectivity index (χ1) is 11.0. The van der Waals surface area contributed by atoms with E-state index in [1.807, 2.05) is 18.2 Å². The van der Waals surface area contributed by atoms with Crippen molar-refractivity contribution in [3.8, 4) is 0 Å². The molecule has 1 fully saturated rings. The van der Waals surface area contributed by atoms with E-state index in [1.165, 1.54) is 6.92 Å². The van der Waals surface area contributed by atoms with Gasteiger partial charge in [0, 0.05) is 12.0 Å². The summed E-state index contributed by atoms with van der Waals surface area (Å²) in [6.07, 6.45) is 1.22. The summed E-state index contributed by atoms with van der Waals surface area (Å²) in [5.74, 6) is -0.613. The largest absolute Gasteiger partial charge is 0.471 e. The molecule has 1 aromatic carbocycles. The Morgan fingerprint density at radius 2 is 1.96 bits per heavy atom. The van der Waals surface area contributed by atoms with Crippen molar-refractivity contribution in [3.05, 3.63) is 41.5 Å². The fourth-order valence-corrected chi connectivity index (χ4v) is 3.68. The van der Waals surface area contributed by atoms with E-state index in [2.05, 4.69) is 0 Å². The number of carbonyl (C=O) groups excluding carboxylic acids is 2. The molecule has 1 heterocycles. The SMILES string of the molecule is CCOC(=O)C12CCCC1(O)C(C(C)=O)=C(c1ccccc1)O2. The Balaban J connectivity index is 2.16. The minimum Gasteiger partial charge on any atom is -0.471 e. The molecule has 0 spiro atoms. The average molecular weight is 316 g/mol. The number of fused-ring (bicyclic) bond motifs is 1. The highest BCUT2D eigenvalue weighted by atomic mass is 16.6. The van der Waals surface area contributed by atoms with Crippen LogP contribution in [0.1, 0.15) is 38.7 Å². The van der Waals surface area contributed by atoms with Crippen molar-refractivity contribution < 1.29 is 24.2 Å². The molecule has 2 aliphatic rings. The second-order valence-corrected chi connectivity index (χ2v) is 5.99. The van der Waals surface area contributed by atoms with E-state index in [1.54, 1.807) is 19.1 Å². The van der Waals surface area contributed by atoms with Gasteiger partial charge in [-0.05, 0) is 26.7 Å². The number of rotatable bonds is 4. The predicted octanol–water partition coefficient (Wildman–Crippen LogP) is 2.23. The van der Waals surface area contributed by atoms with E-state index in [0.717, 1.165) is 0 Å². The van der Waals surface area contributed by atoms with Gasteiger partial charge in [0.15, 0.2) is 5.78 Å². The number of hydrogen-bond donors (Lipinski definition) is 1. The number of Topliss-reactive ketones (excluding diaryl/α,β-unsaturated/α-hetero) is 1. The van der Waals surface area contributed by atoms with E-state index in [9.17, 15) is 14.7 Å². The van der Waals surface area contributed by atoms with Gasteiger partial charge < -0.3 is 14.6 Å². The van der Waals surface area contributed by atoms with Crippen LogP contribution in [0.3, 0.4) is 0 Å². The fraction of sp³-hybridized carbons (Fsp3) is 0.444. The molecule has 0 aromatic heterocycles. The lowest BCUT2D eigenvalue weighted by Gasteiger charge is -2.33. The summed E-state index contributed by atoms with van der Waals surface area (Å²) in [5, 5.41) is 11.2. The zero-order valence-electron chi connectivity index (χ0n) is 13.3. The van der Waals surface area contributed by atoms with Crippen LogP contribution in [0.15, 0.2) is 35.9 Å². The van der Waals surface area contributed by atoms with Crippen molar-refractivity contribution in [2.75, 3.05) is 6.61 Å². The van der Waals surface area contributed by atoms with Gasteiger partial charge in [-0.2, -0.15) is 0 Å². The van der Waals surface area contributed by atoms with E-state index in [0.29, 0.717) is 24.8 Å². The Kier molecular flexibility index (Phi) is 3.76. The molecular weight excluding hydrogens is 296 g/mol. The van der Waals surface area contributed by atoms with Crippen molar-refractivity contribution in [2.24, 2.45) is 0 Å². The van der Waals surface area contributed by atoms with Crippen LogP contribution in [0.2, 0.25) is 0 Å². The lowest BCUT2D eigenvalue weighted by Crippen LogP contribution is -2.56. The van der Waals surface area contributed by atoms with Gasteiger partial charge in [0.1, 0.15) is 11.4 Å². The minimum atomic E-state index is -1.63. The first-order valence-corrected chi connectivity index (χ1v) is 7.86. The Hall–Kier alpha value is -2.14. The van der Waals surface area contributed by atoms with Crippen LogP contribution in [0.5, 0.6) is 0 Å². The quantitative estimate of drug-likeness (QED) is 0.862. The van der Waals surface area contributed by atoms with Crippen molar-refractivity contribution in [3.63, 3.8) is 0 Å². The standard InChI is InChI=1S/C18H20O5/c1-3-22-16(20)18-11-7-10-17(18,21)14(12(2)19)15(23-18)13-8-5-4-6-9-13/h4-6,8-9,21H,3,7,10-11H2,1-2H3. The zero-order chi connectivity index (χ0) is 16.7. The number of benzene rings is 1. The van der Waals surface area contributed by atoms with Gasteiger partial charge in [-0.15, -0.1) is 0 Å². The maximum Gasteiger partial charge on any atom is 0.353 e. The number of carbonyl (C=O) groups is 2. The Morgan fingerprint density at radius 1 is 1.26 bits per heavy atom. The number of aliphatic hydroxyl groups is 1. The third-order valence-electron chi connectivity index (χ3n) is 4.65. The second kappa shape index (κ2) is 5.49. The highest BCUT2D eigenvalue weighted by Gasteiger charge is 2.69. The van der Waals surface area contributed by atoms with Crippen LogP contribution >= 0.6 is 0 Å². The van der Waals surface area contributed by atoms with Crippen LogP contribution in [-0.2, 0) is 19.1 Å². The molecule has 1 aromatic rings. The van der Waals surface area contributed by atoms with Crippen molar-refractivity contribution in [1.82, 2.24) is 0 Å². The topological polar surface area (TPSA) is 72.8 Å². The molecule has 1 saturated carbocycles. The first-order valence-electron chi connectivity index (χ1n) is 7.86. The third-order valence-corrected chi connectivity index (χ3v) is 4.65. The number of esters is 1. The van der Waals surface area contributed by atoms with Gasteiger partial charge >= 0.3 is 5.97 Å². The van der Waals surface area contributed by atoms with Gasteiger partial charge in [0.05, 0.1) is 12.2 Å². The van der Waals surface area contributed by atoms with E-state index >= 15 is 0 Å². The molecule has 5 nitrogen and oxygen atoms in total. The molecule has 1 aliphatic carbocycles. The van der Waals surface area contributed by atoms with Crippen LogP contribution in [0.4, 0.5) is 0 Å². The molecule has 0 amide bonds. The number of hydrogen-bond acceptors (Lipinski definition) is 5. The van der Waals surface area contributed by atoms with E-state index in [4.69, 9.17) is 9.47 Å². The van der Waals surface area contributed by atoms with Gasteiger partial charge in [0.2, 0.25) is 5.60 Å². The molecule has 1 N–H and O–H groups in total. The minimum absolute atomic E-state index is 0.175. The van der Waals surface area contributed by atoms with Crippen molar-refractivity contribution in [1.29, 1.82) is 0 Å². The fourth-order valence-electron chi connectivity index (χ4n) is 3.68. The maximum absolute atomic E-state index is 12.6. The van der Waals surface area contributed by atoms with Gasteiger partial charge in [0.25, 0.3) is 0 Å². The van der Waals surface area contributed by atoms with Crippen LogP contribution in [-0.4, -0.2) is 34.7 Å². The molecule has 0 radical (unpaired) electrons. The smallest absolute Gasteiger partial charge is 0.353 e. The molecule has 2 atom stereocenters. The monoisotopic (exact) mass is 316 g/mol. The molecule has 1 aliphatic heterocycles. The summed E-state index contributed by atoms with van der Waals surface area (Å²) in [6, 6.07) is 9.07. The van der Waals surface area contributed by atoms with Crippen LogP contribution in [0.25, 0.3) is 5.76 Å². The molecule has 0 saturated heterocycles. The van der Waals surface area contributed by atoms with Crippen LogP contribution < -0.4 is 0 Å². The summed E-state index contributed by atoms with van der Waals surface area (Å²) < 4.78 is 11.1. The number of ether oxygens (including phenoxy) is 2. The predicted molar refractivity (Wildman–Crippen MR) is 83.3 cm³/mol. The Labute approximate surface area is 134 Å². The van der Waals surface area contributed by atoms with Crippen molar-refractivity contribution in [2.45, 2.75) is 44.3 Å². The highest BCUT2D eigenvalue weighted by Crippen LogP contribution is 2.56. The zero-order valence-corrected chi connectivity index (χ0v) is 13.3. The van der Waals surface area contributed by atoms with E-state index < -0.39 is 17.2 Å². The Bertz CT molecular complexity index is 678. The highest BCUT2D eigenvalue weighted by molar-refractivity contribution is 6.06. The lowest BCUT2D eigenvalue weighted by atomic mass is 9.79. The molecule has 23 heavy (non-hydrogen) atoms. The summed E-state index contributed by atoms with van der Waals surface area (Å²) in [5.41, 5.74) is -2.30. The molecule has 122 valence electrons. The first kappa shape index (κ1) is 15.7. The average Bonchev–Trinajstić information content (AvgIpc) is 2.97. The molecule has 0 bridgehead atoms. The molecule has 3 rings (SSSR count). The van der Waals surface area contributed by atoms with Crippen LogP contribution in [0, 0.1) is 0 Å². The summed E-state index contributed by atoms with van der Waals surface area (Å²) in [6.45, 7) is 3.28. The lowest BCUT2D eigenvalue weighted by molar-refractivity contribution is -0.178. The van der Waals surface area contributed by atoms with Gasteiger partial charge in [-0.25, -0.2) is 4.79 Å². The number of ketones is 1. The molecular formula is C18H20O5. The van der Waals surface area contributed by atoms with Gasteiger partial charge in [-0.3, -0.25) is 4.79 Å². The second-order valence-electron chi connectivity index (χ2n) is 5.99. The van der Waals surface area contributed by atoms with Crippen molar-refractivity contribution >= 4 is 17.5 Å². The summed E-state index contributed by atoms with van der Waals surface area (Å²) in [7, 11) is 0.